The fourth-order valence-corrected chi connectivity index (χ4v) is 0.452. The topological polar surface area (TPSA) is 88.9 Å². The highest BCUT2D eigenvalue weighted by molar-refractivity contribution is 5.01. The summed E-state index contributed by atoms with van der Waals surface area (Å²) in [5.41, 5.74) is -0.526. The van der Waals surface area contributed by atoms with Crippen molar-refractivity contribution in [2.45, 2.75) is 0 Å². The van der Waals surface area contributed by atoms with Crippen molar-refractivity contribution in [2.24, 2.45) is 0 Å². The van der Waals surface area contributed by atoms with Crippen LogP contribution in [0.15, 0.2) is 17.1 Å². The summed E-state index contributed by atoms with van der Waals surface area (Å²) in [5.74, 6) is -0.535. The standard InChI is InChI=1S/C4H3N3O3/c8-3-1-2-5-4(6-3)7(9)10/h1-2H,(H,5,6,8). The summed E-state index contributed by atoms with van der Waals surface area (Å²) < 4.78 is 0. The van der Waals surface area contributed by atoms with Crippen LogP contribution in [0, 0.1) is 10.1 Å². The summed E-state index contributed by atoms with van der Waals surface area (Å²) in [4.78, 5) is 24.8. The van der Waals surface area contributed by atoms with Crippen molar-refractivity contribution in [1.82, 2.24) is 9.97 Å². The van der Waals surface area contributed by atoms with E-state index in [-0.39, 0.29) is 0 Å². The molecule has 0 aliphatic heterocycles. The quantitative estimate of drug-likeness (QED) is 0.428. The summed E-state index contributed by atoms with van der Waals surface area (Å²) in [5, 5.41) is 9.93. The third-order valence-corrected chi connectivity index (χ3v) is 0.831. The van der Waals surface area contributed by atoms with Gasteiger partial charge in [0.15, 0.2) is 0 Å². The maximum Gasteiger partial charge on any atom is 0.434 e. The van der Waals surface area contributed by atoms with Gasteiger partial charge >= 0.3 is 11.5 Å². The Balaban J connectivity index is 3.20. The number of aromatic nitrogens is 2. The number of aromatic amines is 1. The minimum Gasteiger partial charge on any atom is -0.390 e. The number of hydrogen-bond donors (Lipinski definition) is 1. The first kappa shape index (κ1) is 6.40. The van der Waals surface area contributed by atoms with Crippen LogP contribution in [0.3, 0.4) is 0 Å². The molecule has 6 nitrogen and oxygen atoms in total. The Morgan fingerprint density at radius 2 is 2.40 bits per heavy atom. The Morgan fingerprint density at radius 3 is 2.80 bits per heavy atom. The van der Waals surface area contributed by atoms with E-state index in [1.165, 1.54) is 0 Å². The molecular weight excluding hydrogens is 138 g/mol. The minimum atomic E-state index is -0.762. The molecule has 0 saturated heterocycles. The smallest absolute Gasteiger partial charge is 0.390 e. The number of nitrogens with zero attached hydrogens (tertiary/aromatic N) is 2. The molecule has 0 aliphatic rings. The van der Waals surface area contributed by atoms with Gasteiger partial charge in [-0.2, -0.15) is 0 Å². The molecule has 1 rings (SSSR count). The SMILES string of the molecule is O=c1ccnc([N+](=O)[O-])[nH]1. The van der Waals surface area contributed by atoms with E-state index in [2.05, 4.69) is 4.98 Å². The molecule has 52 valence electrons. The summed E-state index contributed by atoms with van der Waals surface area (Å²) in [6, 6.07) is 1.10. The van der Waals surface area contributed by atoms with E-state index in [0.29, 0.717) is 0 Å². The summed E-state index contributed by atoms with van der Waals surface area (Å²) in [6.07, 6.45) is 1.08. The fourth-order valence-electron chi connectivity index (χ4n) is 0.452. The van der Waals surface area contributed by atoms with Crippen molar-refractivity contribution in [1.29, 1.82) is 0 Å². The van der Waals surface area contributed by atoms with Crippen LogP contribution in [0.4, 0.5) is 5.95 Å². The molecule has 1 aromatic rings. The van der Waals surface area contributed by atoms with Gasteiger partial charge in [0.25, 0.3) is 0 Å². The molecule has 10 heavy (non-hydrogen) atoms. The third-order valence-electron chi connectivity index (χ3n) is 0.831. The van der Waals surface area contributed by atoms with E-state index < -0.39 is 16.4 Å². The van der Waals surface area contributed by atoms with Crippen LogP contribution in [-0.2, 0) is 0 Å². The maximum atomic E-state index is 10.4. The maximum absolute atomic E-state index is 10.4. The number of rotatable bonds is 1. The predicted molar refractivity (Wildman–Crippen MR) is 31.5 cm³/mol. The number of H-pyrrole nitrogens is 1. The molecule has 0 aromatic carbocycles. The molecule has 0 aliphatic carbocycles. The molecular formula is C4H3N3O3. The van der Waals surface area contributed by atoms with Crippen LogP contribution in [0.2, 0.25) is 0 Å². The van der Waals surface area contributed by atoms with Crippen molar-refractivity contribution < 1.29 is 4.92 Å². The van der Waals surface area contributed by atoms with Gasteiger partial charge in [0.1, 0.15) is 6.20 Å². The Hall–Kier alpha value is -1.72. The normalized spacial score (nSPS) is 9.20. The lowest BCUT2D eigenvalue weighted by Crippen LogP contribution is -2.07. The Bertz CT molecular complexity index is 305. The van der Waals surface area contributed by atoms with Gasteiger partial charge in [0, 0.05) is 0 Å². The molecule has 0 bridgehead atoms. The van der Waals surface area contributed by atoms with Crippen LogP contribution in [0.5, 0.6) is 0 Å². The van der Waals surface area contributed by atoms with Gasteiger partial charge in [0.2, 0.25) is 0 Å². The Morgan fingerprint density at radius 1 is 1.70 bits per heavy atom. The molecule has 0 fully saturated rings. The first-order valence-corrected chi connectivity index (χ1v) is 2.40. The second kappa shape index (κ2) is 2.26. The number of hydrogen-bond acceptors (Lipinski definition) is 4. The average molecular weight is 141 g/mol. The van der Waals surface area contributed by atoms with Crippen LogP contribution in [0.25, 0.3) is 0 Å². The van der Waals surface area contributed by atoms with Gasteiger partial charge in [-0.25, -0.2) is 4.98 Å². The van der Waals surface area contributed by atoms with E-state index in [4.69, 9.17) is 0 Å². The Kier molecular flexibility index (Phi) is 1.44. The molecule has 1 heterocycles. The summed E-state index contributed by atoms with van der Waals surface area (Å²) in [7, 11) is 0. The van der Waals surface area contributed by atoms with E-state index >= 15 is 0 Å². The van der Waals surface area contributed by atoms with Crippen LogP contribution in [-0.4, -0.2) is 14.9 Å². The number of nitrogens with one attached hydrogen (secondary N) is 1. The molecule has 1 N–H and O–H groups in total. The zero-order valence-corrected chi connectivity index (χ0v) is 4.77. The lowest BCUT2D eigenvalue weighted by atomic mass is 10.7. The van der Waals surface area contributed by atoms with Crippen molar-refractivity contribution in [3.63, 3.8) is 0 Å². The van der Waals surface area contributed by atoms with Crippen LogP contribution in [0.1, 0.15) is 0 Å². The number of nitro groups is 1. The molecule has 0 spiro atoms. The highest BCUT2D eigenvalue weighted by Crippen LogP contribution is 1.92. The Labute approximate surface area is 54.7 Å². The first-order valence-electron chi connectivity index (χ1n) is 2.40. The molecule has 6 heteroatoms. The largest absolute Gasteiger partial charge is 0.434 e. The fraction of sp³-hybridized carbons (Fsp3) is 0. The zero-order chi connectivity index (χ0) is 7.56. The van der Waals surface area contributed by atoms with E-state index in [9.17, 15) is 14.9 Å². The average Bonchev–Trinajstić information content (AvgIpc) is 1.88. The van der Waals surface area contributed by atoms with Crippen molar-refractivity contribution in [2.75, 3.05) is 0 Å². The molecule has 0 atom stereocenters. The van der Waals surface area contributed by atoms with E-state index in [1.807, 2.05) is 4.98 Å². The van der Waals surface area contributed by atoms with Gasteiger partial charge in [-0.15, -0.1) is 0 Å². The first-order chi connectivity index (χ1) is 4.70. The van der Waals surface area contributed by atoms with Gasteiger partial charge in [0.05, 0.1) is 6.07 Å². The second-order valence-electron chi connectivity index (χ2n) is 1.51. The lowest BCUT2D eigenvalue weighted by Gasteiger charge is -1.88. The van der Waals surface area contributed by atoms with Gasteiger partial charge in [-0.1, -0.05) is 4.98 Å². The van der Waals surface area contributed by atoms with Crippen molar-refractivity contribution in [3.8, 4) is 0 Å². The predicted octanol–water partition coefficient (Wildman–Crippen LogP) is -0.322. The third kappa shape index (κ3) is 1.16. The lowest BCUT2D eigenvalue weighted by molar-refractivity contribution is -0.394. The molecule has 1 aromatic heterocycles. The zero-order valence-electron chi connectivity index (χ0n) is 4.77. The van der Waals surface area contributed by atoms with Crippen LogP contribution < -0.4 is 5.56 Å². The van der Waals surface area contributed by atoms with Crippen molar-refractivity contribution in [3.05, 3.63) is 32.7 Å². The molecule has 0 unspecified atom stereocenters. The van der Waals surface area contributed by atoms with Crippen molar-refractivity contribution >= 4 is 5.95 Å². The second-order valence-corrected chi connectivity index (χ2v) is 1.51. The molecule has 0 radical (unpaired) electrons. The monoisotopic (exact) mass is 141 g/mol. The van der Waals surface area contributed by atoms with Gasteiger partial charge in [-0.3, -0.25) is 4.79 Å². The summed E-state index contributed by atoms with van der Waals surface area (Å²) in [6.45, 7) is 0. The van der Waals surface area contributed by atoms with Gasteiger partial charge < -0.3 is 10.1 Å². The highest BCUT2D eigenvalue weighted by atomic mass is 16.6. The minimum absolute atomic E-state index is 0.526. The van der Waals surface area contributed by atoms with E-state index in [0.717, 1.165) is 12.3 Å². The molecule has 0 saturated carbocycles. The van der Waals surface area contributed by atoms with Gasteiger partial charge in [-0.05, 0) is 4.92 Å². The summed E-state index contributed by atoms with van der Waals surface area (Å²) >= 11 is 0. The highest BCUT2D eigenvalue weighted by Gasteiger charge is 2.03. The van der Waals surface area contributed by atoms with E-state index in [1.54, 1.807) is 0 Å². The van der Waals surface area contributed by atoms with Crippen LogP contribution >= 0.6 is 0 Å². The molecule has 0 amide bonds.